The van der Waals surface area contributed by atoms with Gasteiger partial charge < -0.3 is 9.94 Å². The van der Waals surface area contributed by atoms with E-state index in [0.29, 0.717) is 28.3 Å². The Bertz CT molecular complexity index is 951. The molecule has 0 bridgehead atoms. The predicted molar refractivity (Wildman–Crippen MR) is 88.5 cm³/mol. The van der Waals surface area contributed by atoms with E-state index in [2.05, 4.69) is 15.1 Å². The molecule has 0 radical (unpaired) electrons. The second-order valence-electron chi connectivity index (χ2n) is 5.65. The van der Waals surface area contributed by atoms with Crippen molar-refractivity contribution in [3.63, 3.8) is 0 Å². The van der Waals surface area contributed by atoms with Crippen molar-refractivity contribution < 1.29 is 14.3 Å². The molecule has 0 spiro atoms. The van der Waals surface area contributed by atoms with E-state index in [1.54, 1.807) is 52.1 Å². The summed E-state index contributed by atoms with van der Waals surface area (Å²) in [5.41, 5.74) is 2.48. The molecule has 0 saturated heterocycles. The summed E-state index contributed by atoms with van der Waals surface area (Å²) in [5, 5.41) is 16.9. The zero-order valence-corrected chi connectivity index (χ0v) is 14.3. The zero-order valence-electron chi connectivity index (χ0n) is 14.3. The maximum Gasteiger partial charge on any atom is 0.347 e. The van der Waals surface area contributed by atoms with Gasteiger partial charge in [-0.15, -0.1) is 0 Å². The number of nitrogens with zero attached hydrogens (tertiary/aromatic N) is 5. The molecule has 0 aliphatic heterocycles. The number of ether oxygens (including phenoxy) is 1. The van der Waals surface area contributed by atoms with E-state index in [1.165, 1.54) is 10.9 Å². The van der Waals surface area contributed by atoms with Crippen LogP contribution in [0.1, 0.15) is 33.1 Å². The Labute approximate surface area is 144 Å². The summed E-state index contributed by atoms with van der Waals surface area (Å²) in [6, 6.07) is 4.82. The Morgan fingerprint density at radius 3 is 2.68 bits per heavy atom. The molecule has 0 N–H and O–H groups in total. The average Bonchev–Trinajstić information content (AvgIpc) is 2.93. The first-order chi connectivity index (χ1) is 11.9. The lowest BCUT2D eigenvalue weighted by molar-refractivity contribution is -0.608. The number of aromatic nitrogens is 5. The molecule has 3 aromatic rings. The number of pyridine rings is 1. The van der Waals surface area contributed by atoms with Crippen LogP contribution in [0.5, 0.6) is 5.88 Å². The lowest BCUT2D eigenvalue weighted by Crippen LogP contribution is -2.39. The highest BCUT2D eigenvalue weighted by molar-refractivity contribution is 5.90. The molecule has 3 heterocycles. The van der Waals surface area contributed by atoms with Crippen LogP contribution in [-0.4, -0.2) is 25.7 Å². The summed E-state index contributed by atoms with van der Waals surface area (Å²) < 4.78 is 7.47. The molecule has 0 aromatic carbocycles. The van der Waals surface area contributed by atoms with Crippen molar-refractivity contribution in [3.8, 4) is 11.7 Å². The standard InChI is InChI=1S/C17H17N5O3/c1-10-8-15(25-17(23)14-6-5-7-18-9-14)21(20-10)16-12(3)19-11(2)13(4)22(16)24/h5-9H,1-4H3. The number of esters is 1. The van der Waals surface area contributed by atoms with Crippen LogP contribution in [0.25, 0.3) is 5.82 Å². The van der Waals surface area contributed by atoms with Crippen molar-refractivity contribution in [2.75, 3.05) is 0 Å². The first-order valence-electron chi connectivity index (χ1n) is 7.65. The molecule has 0 aliphatic carbocycles. The van der Waals surface area contributed by atoms with E-state index >= 15 is 0 Å². The van der Waals surface area contributed by atoms with Gasteiger partial charge >= 0.3 is 17.7 Å². The summed E-state index contributed by atoms with van der Waals surface area (Å²) in [4.78, 5) is 20.6. The fourth-order valence-electron chi connectivity index (χ4n) is 2.41. The molecule has 0 unspecified atom stereocenters. The third-order valence-corrected chi connectivity index (χ3v) is 3.77. The van der Waals surface area contributed by atoms with Crippen LogP contribution >= 0.6 is 0 Å². The van der Waals surface area contributed by atoms with Crippen molar-refractivity contribution in [1.82, 2.24) is 19.7 Å². The second kappa shape index (κ2) is 6.31. The SMILES string of the molecule is Cc1cc(OC(=O)c2cccnc2)n(-c2c(C)nc(C)c(C)[n+]2[O-])n1. The molecule has 0 fully saturated rings. The number of carbonyl (C=O) groups excluding carboxylic acids is 1. The quantitative estimate of drug-likeness (QED) is 0.410. The lowest BCUT2D eigenvalue weighted by Gasteiger charge is -2.14. The Kier molecular flexibility index (Phi) is 4.18. The van der Waals surface area contributed by atoms with Crippen LogP contribution in [0.2, 0.25) is 0 Å². The minimum atomic E-state index is -0.582. The van der Waals surface area contributed by atoms with E-state index in [0.717, 1.165) is 4.73 Å². The van der Waals surface area contributed by atoms with E-state index < -0.39 is 5.97 Å². The van der Waals surface area contributed by atoms with Gasteiger partial charge in [0.05, 0.1) is 23.0 Å². The topological polar surface area (TPSA) is 96.8 Å². The summed E-state index contributed by atoms with van der Waals surface area (Å²) in [6.07, 6.45) is 2.97. The summed E-state index contributed by atoms with van der Waals surface area (Å²) in [7, 11) is 0. The Morgan fingerprint density at radius 2 is 2.00 bits per heavy atom. The molecular formula is C17H17N5O3. The fraction of sp³-hybridized carbons (Fsp3) is 0.235. The van der Waals surface area contributed by atoms with Gasteiger partial charge in [0.25, 0.3) is 0 Å². The largest absolute Gasteiger partial charge is 0.710 e. The maximum absolute atomic E-state index is 12.6. The van der Waals surface area contributed by atoms with Gasteiger partial charge in [0.15, 0.2) is 0 Å². The van der Waals surface area contributed by atoms with Crippen LogP contribution in [0.15, 0.2) is 30.6 Å². The monoisotopic (exact) mass is 339 g/mol. The fourth-order valence-corrected chi connectivity index (χ4v) is 2.41. The lowest BCUT2D eigenvalue weighted by atomic mass is 10.3. The van der Waals surface area contributed by atoms with Crippen LogP contribution < -0.4 is 9.47 Å². The van der Waals surface area contributed by atoms with Crippen LogP contribution in [0.3, 0.4) is 0 Å². The maximum atomic E-state index is 12.6. The number of carbonyl (C=O) groups is 1. The third-order valence-electron chi connectivity index (χ3n) is 3.77. The predicted octanol–water partition coefficient (Wildman–Crippen LogP) is 1.75. The Morgan fingerprint density at radius 1 is 1.24 bits per heavy atom. The molecule has 3 aromatic heterocycles. The number of aryl methyl sites for hydroxylation is 3. The third kappa shape index (κ3) is 3.06. The van der Waals surface area contributed by atoms with Crippen molar-refractivity contribution in [2.45, 2.75) is 27.7 Å². The van der Waals surface area contributed by atoms with E-state index in [1.807, 2.05) is 0 Å². The summed E-state index contributed by atoms with van der Waals surface area (Å²) in [6.45, 7) is 6.89. The highest BCUT2D eigenvalue weighted by Crippen LogP contribution is 2.20. The highest BCUT2D eigenvalue weighted by Gasteiger charge is 2.26. The van der Waals surface area contributed by atoms with Gasteiger partial charge in [-0.1, -0.05) is 9.78 Å². The van der Waals surface area contributed by atoms with Crippen LogP contribution in [0, 0.1) is 32.9 Å². The molecule has 0 saturated carbocycles. The molecule has 25 heavy (non-hydrogen) atoms. The van der Waals surface area contributed by atoms with Gasteiger partial charge in [-0.05, 0) is 39.8 Å². The van der Waals surface area contributed by atoms with E-state index in [-0.39, 0.29) is 11.7 Å². The van der Waals surface area contributed by atoms with Gasteiger partial charge in [-0.25, -0.2) is 14.5 Å². The first-order valence-corrected chi connectivity index (χ1v) is 7.65. The smallest absolute Gasteiger partial charge is 0.347 e. The molecule has 0 atom stereocenters. The molecule has 128 valence electrons. The average molecular weight is 339 g/mol. The molecular weight excluding hydrogens is 322 g/mol. The van der Waals surface area contributed by atoms with Gasteiger partial charge in [0, 0.05) is 12.4 Å². The first kappa shape index (κ1) is 16.6. The number of hydrogen-bond donors (Lipinski definition) is 0. The molecule has 8 nitrogen and oxygen atoms in total. The van der Waals surface area contributed by atoms with Crippen molar-refractivity contribution in [1.29, 1.82) is 0 Å². The minimum absolute atomic E-state index is 0.143. The summed E-state index contributed by atoms with van der Waals surface area (Å²) >= 11 is 0. The molecule has 0 aliphatic rings. The number of hydrogen-bond acceptors (Lipinski definition) is 6. The van der Waals surface area contributed by atoms with Crippen LogP contribution in [0.4, 0.5) is 0 Å². The molecule has 0 amide bonds. The minimum Gasteiger partial charge on any atom is -0.710 e. The van der Waals surface area contributed by atoms with E-state index in [9.17, 15) is 10.0 Å². The second-order valence-corrected chi connectivity index (χ2v) is 5.65. The van der Waals surface area contributed by atoms with Crippen molar-refractivity contribution in [2.24, 2.45) is 0 Å². The van der Waals surface area contributed by atoms with Gasteiger partial charge in [0.1, 0.15) is 11.4 Å². The normalized spacial score (nSPS) is 10.7. The van der Waals surface area contributed by atoms with Crippen molar-refractivity contribution in [3.05, 3.63) is 64.1 Å². The summed E-state index contributed by atoms with van der Waals surface area (Å²) in [5.74, 6) is -0.240. The zero-order chi connectivity index (χ0) is 18.1. The molecule has 8 heteroatoms. The van der Waals surface area contributed by atoms with Gasteiger partial charge in [0.2, 0.25) is 0 Å². The van der Waals surface area contributed by atoms with Gasteiger partial charge in [-0.3, -0.25) is 4.98 Å². The highest BCUT2D eigenvalue weighted by atomic mass is 16.5. The van der Waals surface area contributed by atoms with E-state index in [4.69, 9.17) is 4.74 Å². The Balaban J connectivity index is 2.06. The Hall–Kier alpha value is -3.29. The van der Waals surface area contributed by atoms with Crippen molar-refractivity contribution >= 4 is 5.97 Å². The van der Waals surface area contributed by atoms with Crippen LogP contribution in [-0.2, 0) is 0 Å². The van der Waals surface area contributed by atoms with Gasteiger partial charge in [-0.2, -0.15) is 0 Å². The number of rotatable bonds is 3. The molecule has 3 rings (SSSR count).